The van der Waals surface area contributed by atoms with Crippen LogP contribution in [0.5, 0.6) is 0 Å². The molecule has 0 fully saturated rings. The fourth-order valence-corrected chi connectivity index (χ4v) is 2.53. The Morgan fingerprint density at radius 1 is 1.18 bits per heavy atom. The first-order chi connectivity index (χ1) is 10.5. The van der Waals surface area contributed by atoms with Crippen LogP contribution in [0.25, 0.3) is 0 Å². The molecule has 0 bridgehead atoms. The van der Waals surface area contributed by atoms with Gasteiger partial charge >= 0.3 is 5.97 Å². The van der Waals surface area contributed by atoms with Gasteiger partial charge in [-0.3, -0.25) is 4.79 Å². The molecule has 6 heteroatoms. The molecule has 0 aliphatic rings. The highest BCUT2D eigenvalue weighted by atomic mass is 79.9. The number of hydrogen-bond donors (Lipinski definition) is 1. The molecule has 114 valence electrons. The minimum atomic E-state index is -0.490. The van der Waals surface area contributed by atoms with Crippen LogP contribution in [0.2, 0.25) is 5.02 Å². The Balaban J connectivity index is 2.18. The van der Waals surface area contributed by atoms with Crippen molar-refractivity contribution in [1.82, 2.24) is 0 Å². The lowest BCUT2D eigenvalue weighted by Gasteiger charge is -2.09. The molecule has 2 aromatic carbocycles. The van der Waals surface area contributed by atoms with Crippen LogP contribution in [0.4, 0.5) is 5.69 Å². The zero-order valence-electron chi connectivity index (χ0n) is 11.7. The third-order valence-corrected chi connectivity index (χ3v) is 3.84. The number of rotatable bonds is 4. The molecule has 0 radical (unpaired) electrons. The molecule has 0 saturated carbocycles. The molecule has 0 aromatic heterocycles. The molecule has 0 aliphatic carbocycles. The van der Waals surface area contributed by atoms with Crippen molar-refractivity contribution < 1.29 is 14.3 Å². The number of carbonyl (C=O) groups is 2. The molecule has 2 aromatic rings. The zero-order chi connectivity index (χ0) is 16.1. The number of esters is 1. The average Bonchev–Trinajstić information content (AvgIpc) is 2.47. The predicted molar refractivity (Wildman–Crippen MR) is 89.5 cm³/mol. The van der Waals surface area contributed by atoms with Gasteiger partial charge in [0.05, 0.1) is 22.8 Å². The van der Waals surface area contributed by atoms with E-state index in [0.29, 0.717) is 15.7 Å². The number of anilines is 1. The van der Waals surface area contributed by atoms with Crippen LogP contribution in [0.3, 0.4) is 0 Å². The summed E-state index contributed by atoms with van der Waals surface area (Å²) < 4.78 is 5.59. The molecule has 0 atom stereocenters. The maximum Gasteiger partial charge on any atom is 0.339 e. The van der Waals surface area contributed by atoms with Crippen LogP contribution in [0, 0.1) is 0 Å². The van der Waals surface area contributed by atoms with E-state index in [0.717, 1.165) is 0 Å². The second-order valence-corrected chi connectivity index (χ2v) is 5.61. The summed E-state index contributed by atoms with van der Waals surface area (Å²) in [6, 6.07) is 11.7. The van der Waals surface area contributed by atoms with Gasteiger partial charge in [-0.2, -0.15) is 0 Å². The lowest BCUT2D eigenvalue weighted by Crippen LogP contribution is -2.13. The smallest absolute Gasteiger partial charge is 0.339 e. The third kappa shape index (κ3) is 3.87. The fraction of sp³-hybridized carbons (Fsp3) is 0.125. The largest absolute Gasteiger partial charge is 0.462 e. The van der Waals surface area contributed by atoms with Crippen molar-refractivity contribution in [3.05, 3.63) is 63.1 Å². The predicted octanol–water partition coefficient (Wildman–Crippen LogP) is 4.53. The number of halogens is 2. The zero-order valence-corrected chi connectivity index (χ0v) is 14.1. The summed E-state index contributed by atoms with van der Waals surface area (Å²) in [4.78, 5) is 23.9. The Morgan fingerprint density at radius 2 is 1.91 bits per heavy atom. The number of benzene rings is 2. The molecule has 0 heterocycles. The fourth-order valence-electron chi connectivity index (χ4n) is 1.81. The highest BCUT2D eigenvalue weighted by molar-refractivity contribution is 9.10. The molecule has 0 unspecified atom stereocenters. The standard InChI is InChI=1S/C16H13BrClNO3/c1-2-22-16(21)12-8-7-10(9-14(12)18)19-15(20)11-5-3-4-6-13(11)17/h3-9H,2H2,1H3,(H,19,20). The lowest BCUT2D eigenvalue weighted by molar-refractivity contribution is 0.0526. The summed E-state index contributed by atoms with van der Waals surface area (Å²) in [6.45, 7) is 1.99. The second-order valence-electron chi connectivity index (χ2n) is 4.35. The van der Waals surface area contributed by atoms with Gasteiger partial charge in [0, 0.05) is 10.2 Å². The maximum absolute atomic E-state index is 12.2. The molecule has 0 aliphatic heterocycles. The van der Waals surface area contributed by atoms with Crippen molar-refractivity contribution in [3.63, 3.8) is 0 Å². The van der Waals surface area contributed by atoms with Crippen LogP contribution in [0.15, 0.2) is 46.9 Å². The summed E-state index contributed by atoms with van der Waals surface area (Å²) >= 11 is 9.38. The van der Waals surface area contributed by atoms with E-state index in [1.165, 1.54) is 12.1 Å². The van der Waals surface area contributed by atoms with Crippen LogP contribution in [-0.4, -0.2) is 18.5 Å². The van der Waals surface area contributed by atoms with Crippen molar-refractivity contribution in [2.75, 3.05) is 11.9 Å². The van der Waals surface area contributed by atoms with Crippen molar-refractivity contribution in [1.29, 1.82) is 0 Å². The van der Waals surface area contributed by atoms with E-state index in [4.69, 9.17) is 16.3 Å². The second kappa shape index (κ2) is 7.42. The lowest BCUT2D eigenvalue weighted by atomic mass is 10.2. The SMILES string of the molecule is CCOC(=O)c1ccc(NC(=O)c2ccccc2Br)cc1Cl. The van der Waals surface area contributed by atoms with E-state index >= 15 is 0 Å². The van der Waals surface area contributed by atoms with E-state index in [1.54, 1.807) is 31.2 Å². The molecule has 4 nitrogen and oxygen atoms in total. The molecule has 0 saturated heterocycles. The number of hydrogen-bond acceptors (Lipinski definition) is 3. The van der Waals surface area contributed by atoms with Gasteiger partial charge in [-0.15, -0.1) is 0 Å². The van der Waals surface area contributed by atoms with E-state index in [9.17, 15) is 9.59 Å². The first-order valence-electron chi connectivity index (χ1n) is 6.55. The van der Waals surface area contributed by atoms with Crippen molar-refractivity contribution >= 4 is 45.1 Å². The van der Waals surface area contributed by atoms with E-state index in [1.807, 2.05) is 6.07 Å². The minimum absolute atomic E-state index is 0.225. The third-order valence-electron chi connectivity index (χ3n) is 2.84. The average molecular weight is 383 g/mol. The highest BCUT2D eigenvalue weighted by Gasteiger charge is 2.14. The van der Waals surface area contributed by atoms with Gasteiger partial charge in [0.25, 0.3) is 5.91 Å². The van der Waals surface area contributed by atoms with E-state index < -0.39 is 5.97 Å². The summed E-state index contributed by atoms with van der Waals surface area (Å²) in [7, 11) is 0. The molecular weight excluding hydrogens is 370 g/mol. The molecule has 2 rings (SSSR count). The summed E-state index contributed by atoms with van der Waals surface area (Å²) in [5.41, 5.74) is 1.27. The highest BCUT2D eigenvalue weighted by Crippen LogP contribution is 2.23. The van der Waals surface area contributed by atoms with Gasteiger partial charge in [0.2, 0.25) is 0 Å². The Kier molecular flexibility index (Phi) is 5.57. The number of ether oxygens (including phenoxy) is 1. The Labute approximate surface area is 141 Å². The van der Waals surface area contributed by atoms with Crippen molar-refractivity contribution in [3.8, 4) is 0 Å². The number of carbonyl (C=O) groups excluding carboxylic acids is 2. The molecule has 22 heavy (non-hydrogen) atoms. The number of amides is 1. The van der Waals surface area contributed by atoms with Crippen molar-refractivity contribution in [2.45, 2.75) is 6.92 Å². The van der Waals surface area contributed by atoms with Crippen LogP contribution < -0.4 is 5.32 Å². The Hall–Kier alpha value is -1.85. The normalized spacial score (nSPS) is 10.1. The van der Waals surface area contributed by atoms with Crippen molar-refractivity contribution in [2.24, 2.45) is 0 Å². The number of nitrogens with one attached hydrogen (secondary N) is 1. The summed E-state index contributed by atoms with van der Waals surface area (Å²) in [5, 5.41) is 2.96. The first-order valence-corrected chi connectivity index (χ1v) is 7.72. The molecule has 0 spiro atoms. The Bertz CT molecular complexity index is 718. The summed E-state index contributed by atoms with van der Waals surface area (Å²) in [6.07, 6.45) is 0. The van der Waals surface area contributed by atoms with E-state index in [-0.39, 0.29) is 23.1 Å². The quantitative estimate of drug-likeness (QED) is 0.790. The Morgan fingerprint density at radius 3 is 2.55 bits per heavy atom. The molecular formula is C16H13BrClNO3. The monoisotopic (exact) mass is 381 g/mol. The van der Waals surface area contributed by atoms with Crippen LogP contribution >= 0.6 is 27.5 Å². The van der Waals surface area contributed by atoms with Crippen LogP contribution in [-0.2, 0) is 4.74 Å². The van der Waals surface area contributed by atoms with E-state index in [2.05, 4.69) is 21.2 Å². The first kappa shape index (κ1) is 16.5. The van der Waals surface area contributed by atoms with Gasteiger partial charge in [-0.05, 0) is 53.2 Å². The molecule has 1 N–H and O–H groups in total. The van der Waals surface area contributed by atoms with Gasteiger partial charge in [0.15, 0.2) is 0 Å². The van der Waals surface area contributed by atoms with Gasteiger partial charge < -0.3 is 10.1 Å². The summed E-state index contributed by atoms with van der Waals surface area (Å²) in [5.74, 6) is -0.761. The van der Waals surface area contributed by atoms with Gasteiger partial charge in [0.1, 0.15) is 0 Å². The van der Waals surface area contributed by atoms with Crippen LogP contribution in [0.1, 0.15) is 27.6 Å². The maximum atomic E-state index is 12.2. The topological polar surface area (TPSA) is 55.4 Å². The van der Waals surface area contributed by atoms with Gasteiger partial charge in [-0.25, -0.2) is 4.79 Å². The molecule has 1 amide bonds. The minimum Gasteiger partial charge on any atom is -0.462 e. The van der Waals surface area contributed by atoms with Gasteiger partial charge in [-0.1, -0.05) is 23.7 Å².